The molecule has 2 rings (SSSR count). The molecule has 1 aliphatic heterocycles. The maximum atomic E-state index is 12.4. The van der Waals surface area contributed by atoms with E-state index in [4.69, 9.17) is 4.74 Å². The Labute approximate surface area is 122 Å². The fraction of sp³-hybridized carbons (Fsp3) is 0.500. The Bertz CT molecular complexity index is 542. The van der Waals surface area contributed by atoms with Crippen LogP contribution in [0.25, 0.3) is 0 Å². The number of rotatable bonds is 4. The number of methoxy groups -OCH3 is 1. The minimum absolute atomic E-state index is 0.148. The van der Waals surface area contributed by atoms with Crippen molar-refractivity contribution in [3.05, 3.63) is 22.7 Å². The lowest BCUT2D eigenvalue weighted by atomic mass is 10.2. The normalized spacial score (nSPS) is 17.4. The Morgan fingerprint density at radius 1 is 1.26 bits per heavy atom. The Hall–Kier alpha value is -0.630. The van der Waals surface area contributed by atoms with E-state index in [0.29, 0.717) is 10.2 Å². The second-order valence-electron chi connectivity index (χ2n) is 4.44. The first-order chi connectivity index (χ1) is 9.03. The summed E-state index contributed by atoms with van der Waals surface area (Å²) in [5.74, 6) is 0.340. The van der Waals surface area contributed by atoms with Crippen molar-refractivity contribution in [3.63, 3.8) is 0 Å². The van der Waals surface area contributed by atoms with Crippen LogP contribution in [-0.2, 0) is 10.0 Å². The standard InChI is InChI=1S/C12H17BrN2O3S/c1-18-11-6-5-10(13)9-12(11)19(16,17)14-15-7-3-2-4-8-15/h5-6,9,14H,2-4,7-8H2,1H3. The van der Waals surface area contributed by atoms with Crippen LogP contribution in [0.15, 0.2) is 27.6 Å². The largest absolute Gasteiger partial charge is 0.495 e. The third-order valence-corrected chi connectivity index (χ3v) is 4.91. The zero-order valence-electron chi connectivity index (χ0n) is 10.7. The Morgan fingerprint density at radius 3 is 2.58 bits per heavy atom. The van der Waals surface area contributed by atoms with Gasteiger partial charge in [0.05, 0.1) is 7.11 Å². The van der Waals surface area contributed by atoms with Gasteiger partial charge in [0.2, 0.25) is 0 Å². The van der Waals surface area contributed by atoms with Crippen molar-refractivity contribution in [3.8, 4) is 5.75 Å². The molecule has 106 valence electrons. The van der Waals surface area contributed by atoms with Crippen molar-refractivity contribution in [2.24, 2.45) is 0 Å². The molecular formula is C12H17BrN2O3S. The van der Waals surface area contributed by atoms with Gasteiger partial charge in [-0.2, -0.15) is 0 Å². The van der Waals surface area contributed by atoms with E-state index in [1.807, 2.05) is 0 Å². The molecule has 0 aliphatic carbocycles. The third-order valence-electron chi connectivity index (χ3n) is 3.02. The van der Waals surface area contributed by atoms with Crippen molar-refractivity contribution in [2.45, 2.75) is 24.2 Å². The molecule has 0 unspecified atom stereocenters. The highest BCUT2D eigenvalue weighted by molar-refractivity contribution is 9.10. The molecular weight excluding hydrogens is 332 g/mol. The molecule has 0 bridgehead atoms. The lowest BCUT2D eigenvalue weighted by Gasteiger charge is -2.26. The summed E-state index contributed by atoms with van der Waals surface area (Å²) in [6.45, 7) is 1.49. The number of piperidine rings is 1. The Kier molecular flexibility index (Phi) is 4.83. The molecule has 5 nitrogen and oxygen atoms in total. The van der Waals surface area contributed by atoms with Gasteiger partial charge in [0.25, 0.3) is 10.0 Å². The molecule has 1 heterocycles. The fourth-order valence-electron chi connectivity index (χ4n) is 2.06. The molecule has 1 fully saturated rings. The van der Waals surface area contributed by atoms with Gasteiger partial charge >= 0.3 is 0 Å². The SMILES string of the molecule is COc1ccc(Br)cc1S(=O)(=O)NN1CCCCC1. The summed E-state index contributed by atoms with van der Waals surface area (Å²) < 4.78 is 30.6. The van der Waals surface area contributed by atoms with E-state index in [9.17, 15) is 8.42 Å². The molecule has 0 spiro atoms. The van der Waals surface area contributed by atoms with E-state index in [1.54, 1.807) is 23.2 Å². The molecule has 1 N–H and O–H groups in total. The van der Waals surface area contributed by atoms with E-state index in [1.165, 1.54) is 7.11 Å². The summed E-state index contributed by atoms with van der Waals surface area (Å²) in [6, 6.07) is 4.93. The lowest BCUT2D eigenvalue weighted by molar-refractivity contribution is 0.199. The minimum atomic E-state index is -3.60. The summed E-state index contributed by atoms with van der Waals surface area (Å²) in [5.41, 5.74) is 0. The lowest BCUT2D eigenvalue weighted by Crippen LogP contribution is -2.44. The highest BCUT2D eigenvalue weighted by atomic mass is 79.9. The number of halogens is 1. The molecule has 1 aromatic carbocycles. The first kappa shape index (κ1) is 14.8. The predicted molar refractivity (Wildman–Crippen MR) is 76.4 cm³/mol. The number of nitrogens with zero attached hydrogens (tertiary/aromatic N) is 1. The van der Waals surface area contributed by atoms with Crippen molar-refractivity contribution >= 4 is 26.0 Å². The van der Waals surface area contributed by atoms with Crippen molar-refractivity contribution < 1.29 is 13.2 Å². The molecule has 0 atom stereocenters. The van der Waals surface area contributed by atoms with Crippen LogP contribution in [0, 0.1) is 0 Å². The molecule has 1 saturated heterocycles. The molecule has 0 radical (unpaired) electrons. The quantitative estimate of drug-likeness (QED) is 0.905. The average Bonchev–Trinajstić information content (AvgIpc) is 2.39. The second-order valence-corrected chi connectivity index (χ2v) is 6.98. The van der Waals surface area contributed by atoms with Gasteiger partial charge in [0.15, 0.2) is 0 Å². The Balaban J connectivity index is 2.25. The molecule has 0 aromatic heterocycles. The summed E-state index contributed by atoms with van der Waals surface area (Å²) in [5, 5.41) is 1.75. The predicted octanol–water partition coefficient (Wildman–Crippen LogP) is 2.14. The zero-order chi connectivity index (χ0) is 13.9. The van der Waals surface area contributed by atoms with Gasteiger partial charge in [-0.3, -0.25) is 0 Å². The van der Waals surface area contributed by atoms with Crippen LogP contribution < -0.4 is 9.57 Å². The number of sulfonamides is 1. The molecule has 1 aromatic rings. The van der Waals surface area contributed by atoms with Crippen LogP contribution in [0.2, 0.25) is 0 Å². The third kappa shape index (κ3) is 3.68. The van der Waals surface area contributed by atoms with Gasteiger partial charge in [-0.15, -0.1) is 4.83 Å². The highest BCUT2D eigenvalue weighted by Crippen LogP contribution is 2.27. The van der Waals surface area contributed by atoms with Gasteiger partial charge < -0.3 is 4.74 Å². The first-order valence-electron chi connectivity index (χ1n) is 6.14. The van der Waals surface area contributed by atoms with Crippen molar-refractivity contribution in [2.75, 3.05) is 20.2 Å². The number of hydrazine groups is 1. The molecule has 0 saturated carbocycles. The van der Waals surface area contributed by atoms with Crippen LogP contribution in [0.3, 0.4) is 0 Å². The topological polar surface area (TPSA) is 58.6 Å². The summed E-state index contributed by atoms with van der Waals surface area (Å²) in [4.78, 5) is 2.77. The molecule has 19 heavy (non-hydrogen) atoms. The number of hydrogen-bond acceptors (Lipinski definition) is 4. The Morgan fingerprint density at radius 2 is 1.95 bits per heavy atom. The van der Waals surface area contributed by atoms with E-state index in [-0.39, 0.29) is 4.90 Å². The number of nitrogens with one attached hydrogen (secondary N) is 1. The highest BCUT2D eigenvalue weighted by Gasteiger charge is 2.23. The monoisotopic (exact) mass is 348 g/mol. The number of ether oxygens (including phenoxy) is 1. The number of hydrogen-bond donors (Lipinski definition) is 1. The molecule has 1 aliphatic rings. The van der Waals surface area contributed by atoms with Gasteiger partial charge in [0.1, 0.15) is 10.6 Å². The van der Waals surface area contributed by atoms with Crippen LogP contribution in [0.1, 0.15) is 19.3 Å². The average molecular weight is 349 g/mol. The van der Waals surface area contributed by atoms with Crippen molar-refractivity contribution in [1.82, 2.24) is 9.84 Å². The van der Waals surface area contributed by atoms with Crippen LogP contribution in [0.4, 0.5) is 0 Å². The number of benzene rings is 1. The zero-order valence-corrected chi connectivity index (χ0v) is 13.1. The summed E-state index contributed by atoms with van der Waals surface area (Å²) in [6.07, 6.45) is 3.18. The fourth-order valence-corrected chi connectivity index (χ4v) is 3.90. The maximum Gasteiger partial charge on any atom is 0.257 e. The van der Waals surface area contributed by atoms with Gasteiger partial charge in [-0.1, -0.05) is 22.4 Å². The van der Waals surface area contributed by atoms with E-state index in [0.717, 1.165) is 32.4 Å². The summed E-state index contributed by atoms with van der Waals surface area (Å²) in [7, 11) is -2.14. The minimum Gasteiger partial charge on any atom is -0.495 e. The van der Waals surface area contributed by atoms with Crippen molar-refractivity contribution in [1.29, 1.82) is 0 Å². The van der Waals surface area contributed by atoms with Crippen LogP contribution >= 0.6 is 15.9 Å². The van der Waals surface area contributed by atoms with Gasteiger partial charge in [-0.05, 0) is 31.0 Å². The second kappa shape index (κ2) is 6.21. The van der Waals surface area contributed by atoms with Crippen LogP contribution in [0.5, 0.6) is 5.75 Å². The molecule has 7 heteroatoms. The molecule has 0 amide bonds. The van der Waals surface area contributed by atoms with E-state index < -0.39 is 10.0 Å². The smallest absolute Gasteiger partial charge is 0.257 e. The summed E-state index contributed by atoms with van der Waals surface area (Å²) >= 11 is 3.28. The van der Waals surface area contributed by atoms with Gasteiger partial charge in [-0.25, -0.2) is 13.4 Å². The maximum absolute atomic E-state index is 12.4. The van der Waals surface area contributed by atoms with Gasteiger partial charge in [0, 0.05) is 17.6 Å². The first-order valence-corrected chi connectivity index (χ1v) is 8.41. The van der Waals surface area contributed by atoms with E-state index in [2.05, 4.69) is 20.8 Å². The van der Waals surface area contributed by atoms with E-state index >= 15 is 0 Å². The van der Waals surface area contributed by atoms with Crippen LogP contribution in [-0.4, -0.2) is 33.6 Å².